The van der Waals surface area contributed by atoms with Gasteiger partial charge in [-0.05, 0) is 38.7 Å². The number of halogens is 1. The van der Waals surface area contributed by atoms with Crippen molar-refractivity contribution in [1.29, 1.82) is 0 Å². The van der Waals surface area contributed by atoms with Gasteiger partial charge in [-0.3, -0.25) is 4.79 Å². The number of fused-ring (bicyclic) bond motifs is 1. The number of hydrogen-bond donors (Lipinski definition) is 2. The molecule has 0 bridgehead atoms. The molecule has 1 heterocycles. The van der Waals surface area contributed by atoms with Crippen molar-refractivity contribution in [2.24, 2.45) is 0 Å². The summed E-state index contributed by atoms with van der Waals surface area (Å²) in [6.07, 6.45) is 0. The fourth-order valence-corrected chi connectivity index (χ4v) is 2.19. The van der Waals surface area contributed by atoms with E-state index >= 15 is 0 Å². The van der Waals surface area contributed by atoms with Gasteiger partial charge in [-0.2, -0.15) is 0 Å². The number of aromatic nitrogens is 1. The first-order chi connectivity index (χ1) is 8.99. The third-order valence-electron chi connectivity index (χ3n) is 3.09. The van der Waals surface area contributed by atoms with Crippen molar-refractivity contribution >= 4 is 28.4 Å². The quantitative estimate of drug-likeness (QED) is 0.903. The molecule has 1 amide bonds. The van der Waals surface area contributed by atoms with Gasteiger partial charge in [-0.15, -0.1) is 0 Å². The van der Waals surface area contributed by atoms with Crippen LogP contribution < -0.4 is 5.32 Å². The first-order valence-corrected chi connectivity index (χ1v) is 6.57. The van der Waals surface area contributed by atoms with E-state index in [1.54, 1.807) is 0 Å². The van der Waals surface area contributed by atoms with E-state index in [1.165, 1.54) is 0 Å². The van der Waals surface area contributed by atoms with Crippen LogP contribution in [0.4, 0.5) is 0 Å². The molecule has 0 fully saturated rings. The summed E-state index contributed by atoms with van der Waals surface area (Å²) in [6, 6.07) is 5.60. The molecule has 19 heavy (non-hydrogen) atoms. The number of carbonyl (C=O) groups is 1. The lowest BCUT2D eigenvalue weighted by Crippen LogP contribution is -2.31. The number of benzene rings is 1. The standard InChI is InChI=1S/C14H18ClN3O/c1-9-11-5-4-10(15)8-12(11)17-13(9)14(19)16-6-7-18(2)3/h4-5,8,17H,6-7H2,1-3H3,(H,16,19). The molecule has 0 atom stereocenters. The molecule has 0 aliphatic rings. The predicted molar refractivity (Wildman–Crippen MR) is 78.9 cm³/mol. The second-order valence-electron chi connectivity index (χ2n) is 4.87. The Kier molecular flexibility index (Phi) is 4.12. The van der Waals surface area contributed by atoms with Gasteiger partial charge in [0, 0.05) is 29.0 Å². The van der Waals surface area contributed by atoms with Crippen molar-refractivity contribution in [3.05, 3.63) is 34.5 Å². The number of aryl methyl sites for hydroxylation is 1. The second-order valence-corrected chi connectivity index (χ2v) is 5.31. The van der Waals surface area contributed by atoms with Gasteiger partial charge in [-0.1, -0.05) is 17.7 Å². The van der Waals surface area contributed by atoms with E-state index < -0.39 is 0 Å². The zero-order valence-corrected chi connectivity index (χ0v) is 12.1. The van der Waals surface area contributed by atoms with E-state index in [9.17, 15) is 4.79 Å². The van der Waals surface area contributed by atoms with Crippen LogP contribution in [-0.4, -0.2) is 43.0 Å². The van der Waals surface area contributed by atoms with E-state index in [0.29, 0.717) is 17.3 Å². The number of carbonyl (C=O) groups excluding carboxylic acids is 1. The first kappa shape index (κ1) is 13.9. The van der Waals surface area contributed by atoms with Crippen LogP contribution in [0.1, 0.15) is 16.1 Å². The lowest BCUT2D eigenvalue weighted by molar-refractivity contribution is 0.0946. The summed E-state index contributed by atoms with van der Waals surface area (Å²) in [4.78, 5) is 17.3. The van der Waals surface area contributed by atoms with Crippen LogP contribution in [-0.2, 0) is 0 Å². The summed E-state index contributed by atoms with van der Waals surface area (Å²) in [5.74, 6) is -0.0772. The molecule has 2 rings (SSSR count). The molecule has 0 radical (unpaired) electrons. The Labute approximate surface area is 117 Å². The molecule has 1 aromatic heterocycles. The van der Waals surface area contributed by atoms with Crippen molar-refractivity contribution in [3.8, 4) is 0 Å². The van der Waals surface area contributed by atoms with Crippen LogP contribution in [0.3, 0.4) is 0 Å². The molecule has 2 N–H and O–H groups in total. The number of nitrogens with zero attached hydrogens (tertiary/aromatic N) is 1. The van der Waals surface area contributed by atoms with Gasteiger partial charge < -0.3 is 15.2 Å². The molecule has 0 spiro atoms. The second kappa shape index (κ2) is 5.63. The van der Waals surface area contributed by atoms with Gasteiger partial charge in [0.1, 0.15) is 5.69 Å². The maximum absolute atomic E-state index is 12.1. The van der Waals surface area contributed by atoms with Gasteiger partial charge in [0.05, 0.1) is 0 Å². The van der Waals surface area contributed by atoms with Crippen molar-refractivity contribution < 1.29 is 4.79 Å². The van der Waals surface area contributed by atoms with Crippen LogP contribution in [0.5, 0.6) is 0 Å². The Hall–Kier alpha value is -1.52. The van der Waals surface area contributed by atoms with Crippen LogP contribution in [0, 0.1) is 6.92 Å². The SMILES string of the molecule is Cc1c(C(=O)NCCN(C)C)[nH]c2cc(Cl)ccc12. The smallest absolute Gasteiger partial charge is 0.268 e. The third kappa shape index (κ3) is 3.08. The molecule has 0 saturated carbocycles. The lowest BCUT2D eigenvalue weighted by Gasteiger charge is -2.10. The summed E-state index contributed by atoms with van der Waals surface area (Å²) < 4.78 is 0. The number of aromatic amines is 1. The van der Waals surface area contributed by atoms with Crippen molar-refractivity contribution in [1.82, 2.24) is 15.2 Å². The molecule has 0 aliphatic carbocycles. The normalized spacial score (nSPS) is 11.2. The van der Waals surface area contributed by atoms with E-state index in [2.05, 4.69) is 10.3 Å². The number of H-pyrrole nitrogens is 1. The summed E-state index contributed by atoms with van der Waals surface area (Å²) >= 11 is 5.95. The highest BCUT2D eigenvalue weighted by atomic mass is 35.5. The topological polar surface area (TPSA) is 48.1 Å². The first-order valence-electron chi connectivity index (χ1n) is 6.20. The zero-order chi connectivity index (χ0) is 14.0. The molecule has 5 heteroatoms. The molecule has 0 aliphatic heterocycles. The van der Waals surface area contributed by atoms with E-state index in [4.69, 9.17) is 11.6 Å². The third-order valence-corrected chi connectivity index (χ3v) is 3.33. The number of amides is 1. The summed E-state index contributed by atoms with van der Waals surface area (Å²) in [7, 11) is 3.95. The van der Waals surface area contributed by atoms with E-state index in [1.807, 2.05) is 44.1 Å². The number of nitrogens with one attached hydrogen (secondary N) is 2. The predicted octanol–water partition coefficient (Wildman–Crippen LogP) is 2.42. The molecule has 1 aromatic carbocycles. The van der Waals surface area contributed by atoms with Crippen molar-refractivity contribution in [2.45, 2.75) is 6.92 Å². The Balaban J connectivity index is 2.20. The van der Waals surface area contributed by atoms with E-state index in [0.717, 1.165) is 23.0 Å². The van der Waals surface area contributed by atoms with Gasteiger partial charge in [0.15, 0.2) is 0 Å². The average Bonchev–Trinajstić information content (AvgIpc) is 2.65. The fourth-order valence-electron chi connectivity index (χ4n) is 2.02. The minimum atomic E-state index is -0.0772. The summed E-state index contributed by atoms with van der Waals surface area (Å²) in [5, 5.41) is 4.59. The highest BCUT2D eigenvalue weighted by Crippen LogP contribution is 2.24. The Bertz CT molecular complexity index is 604. The highest BCUT2D eigenvalue weighted by molar-refractivity contribution is 6.31. The number of rotatable bonds is 4. The zero-order valence-electron chi connectivity index (χ0n) is 11.4. The van der Waals surface area contributed by atoms with Crippen LogP contribution >= 0.6 is 11.6 Å². The molecule has 4 nitrogen and oxygen atoms in total. The fraction of sp³-hybridized carbons (Fsp3) is 0.357. The highest BCUT2D eigenvalue weighted by Gasteiger charge is 2.14. The maximum atomic E-state index is 12.1. The molecular weight excluding hydrogens is 262 g/mol. The summed E-state index contributed by atoms with van der Waals surface area (Å²) in [5.41, 5.74) is 2.45. The van der Waals surface area contributed by atoms with Crippen LogP contribution in [0.15, 0.2) is 18.2 Å². The summed E-state index contributed by atoms with van der Waals surface area (Å²) in [6.45, 7) is 3.38. The molecular formula is C14H18ClN3O. The molecule has 0 saturated heterocycles. The van der Waals surface area contributed by atoms with Gasteiger partial charge >= 0.3 is 0 Å². The minimum absolute atomic E-state index is 0.0772. The number of likely N-dealkylation sites (N-methyl/N-ethyl adjacent to an activating group) is 1. The Morgan fingerprint density at radius 1 is 1.42 bits per heavy atom. The molecule has 102 valence electrons. The molecule has 2 aromatic rings. The molecule has 0 unspecified atom stereocenters. The van der Waals surface area contributed by atoms with Crippen LogP contribution in [0.2, 0.25) is 5.02 Å². The van der Waals surface area contributed by atoms with E-state index in [-0.39, 0.29) is 5.91 Å². The average molecular weight is 280 g/mol. The van der Waals surface area contributed by atoms with Gasteiger partial charge in [0.25, 0.3) is 5.91 Å². The largest absolute Gasteiger partial charge is 0.350 e. The van der Waals surface area contributed by atoms with Gasteiger partial charge in [-0.25, -0.2) is 0 Å². The van der Waals surface area contributed by atoms with Crippen LogP contribution in [0.25, 0.3) is 10.9 Å². The Morgan fingerprint density at radius 3 is 2.84 bits per heavy atom. The lowest BCUT2D eigenvalue weighted by atomic mass is 10.1. The van der Waals surface area contributed by atoms with Crippen molar-refractivity contribution in [2.75, 3.05) is 27.2 Å². The minimum Gasteiger partial charge on any atom is -0.350 e. The van der Waals surface area contributed by atoms with Gasteiger partial charge in [0.2, 0.25) is 0 Å². The Morgan fingerprint density at radius 2 is 2.16 bits per heavy atom. The number of hydrogen-bond acceptors (Lipinski definition) is 2. The maximum Gasteiger partial charge on any atom is 0.268 e. The monoisotopic (exact) mass is 279 g/mol. The van der Waals surface area contributed by atoms with Crippen molar-refractivity contribution in [3.63, 3.8) is 0 Å².